The average Bonchev–Trinajstić information content (AvgIpc) is 3.69. The predicted molar refractivity (Wildman–Crippen MR) is 171 cm³/mol. The lowest BCUT2D eigenvalue weighted by Gasteiger charge is -2.08. The van der Waals surface area contributed by atoms with Gasteiger partial charge in [-0.2, -0.15) is 0 Å². The topological polar surface area (TPSA) is 73.9 Å². The van der Waals surface area contributed by atoms with Crippen LogP contribution in [0.1, 0.15) is 54.4 Å². The number of hydrogen-bond donors (Lipinski definition) is 1. The van der Waals surface area contributed by atoms with Gasteiger partial charge in [-0.1, -0.05) is 87.6 Å². The number of nitrogens with two attached hydrogens (primary N) is 1. The van der Waals surface area contributed by atoms with Gasteiger partial charge in [-0.25, -0.2) is 0 Å². The van der Waals surface area contributed by atoms with E-state index < -0.39 is 0 Å². The molecule has 0 saturated carbocycles. The van der Waals surface area contributed by atoms with Crippen LogP contribution in [0.25, 0.3) is 0 Å². The number of rotatable bonds is 9. The van der Waals surface area contributed by atoms with Crippen molar-refractivity contribution in [1.29, 1.82) is 0 Å². The second-order valence-corrected chi connectivity index (χ2v) is 9.93. The van der Waals surface area contributed by atoms with Crippen LogP contribution in [0.2, 0.25) is 0 Å². The van der Waals surface area contributed by atoms with Crippen LogP contribution in [0.5, 0.6) is 0 Å². The van der Waals surface area contributed by atoms with Gasteiger partial charge in [-0.05, 0) is 36.7 Å². The molecular weight excluding hydrogens is 524 g/mol. The number of ether oxygens (including phenoxy) is 2. The maximum absolute atomic E-state index is 11.7. The van der Waals surface area contributed by atoms with E-state index in [0.29, 0.717) is 13.1 Å². The molecule has 0 bridgehead atoms. The SMILES string of the molecule is C.C.COC(C)CN.COC(C)CN=C(c1ccccc1)c1cccs1.O=C(c1ccccc1)c1cccs1. The number of aliphatic imine (C=N–C) groups is 1. The molecule has 0 radical (unpaired) electrons. The molecule has 7 heteroatoms. The number of ketones is 1. The minimum absolute atomic E-state index is 0. The second kappa shape index (κ2) is 21.0. The van der Waals surface area contributed by atoms with Gasteiger partial charge in [0, 0.05) is 31.9 Å². The summed E-state index contributed by atoms with van der Waals surface area (Å²) in [7, 11) is 3.37. The third-order valence-corrected chi connectivity index (χ3v) is 6.97. The molecule has 2 heterocycles. The average molecular weight is 569 g/mol. The summed E-state index contributed by atoms with van der Waals surface area (Å²) in [5.74, 6) is 0.107. The van der Waals surface area contributed by atoms with Crippen LogP contribution in [0, 0.1) is 0 Å². The summed E-state index contributed by atoms with van der Waals surface area (Å²) >= 11 is 3.19. The van der Waals surface area contributed by atoms with Crippen LogP contribution in [0.4, 0.5) is 0 Å². The summed E-state index contributed by atoms with van der Waals surface area (Å²) in [5.41, 5.74) is 8.12. The molecule has 2 atom stereocenters. The minimum Gasteiger partial charge on any atom is -0.380 e. The zero-order valence-electron chi connectivity index (χ0n) is 21.9. The number of carbonyl (C=O) groups is 1. The predicted octanol–water partition coefficient (Wildman–Crippen LogP) is 7.85. The number of thiophene rings is 2. The number of benzene rings is 2. The molecule has 0 fully saturated rings. The lowest BCUT2D eigenvalue weighted by atomic mass is 10.1. The summed E-state index contributed by atoms with van der Waals surface area (Å²) in [5, 5.41) is 3.99. The van der Waals surface area contributed by atoms with Crippen molar-refractivity contribution in [1.82, 2.24) is 0 Å². The van der Waals surface area contributed by atoms with Gasteiger partial charge in [-0.15, -0.1) is 22.7 Å². The summed E-state index contributed by atoms with van der Waals surface area (Å²) in [6.07, 6.45) is 0.355. The Labute approximate surface area is 243 Å². The lowest BCUT2D eigenvalue weighted by molar-refractivity contribution is 0.104. The quantitative estimate of drug-likeness (QED) is 0.165. The maximum Gasteiger partial charge on any atom is 0.202 e. The third-order valence-electron chi connectivity index (χ3n) is 5.23. The Bertz CT molecular complexity index is 1140. The second-order valence-electron chi connectivity index (χ2n) is 8.03. The van der Waals surface area contributed by atoms with Crippen LogP contribution in [-0.4, -0.2) is 51.0 Å². The summed E-state index contributed by atoms with van der Waals surface area (Å²) in [6, 6.07) is 27.5. The van der Waals surface area contributed by atoms with E-state index in [1.54, 1.807) is 25.6 Å². The first-order valence-corrected chi connectivity index (χ1v) is 13.8. The number of nitrogens with zero attached hydrogens (tertiary/aromatic N) is 1. The minimum atomic E-state index is 0. The van der Waals surface area contributed by atoms with Crippen LogP contribution in [-0.2, 0) is 9.47 Å². The molecule has 212 valence electrons. The van der Waals surface area contributed by atoms with Crippen LogP contribution >= 0.6 is 22.7 Å². The fraction of sp³-hybridized carbons (Fsp3) is 0.312. The molecule has 2 aromatic heterocycles. The van der Waals surface area contributed by atoms with Gasteiger partial charge in [0.05, 0.1) is 34.2 Å². The Morgan fingerprint density at radius 1 is 0.744 bits per heavy atom. The highest BCUT2D eigenvalue weighted by atomic mass is 32.1. The standard InChI is InChI=1S/C15H17NOS.C11H8OS.C4H11NO.2CH4/c1-12(17-2)11-16-15(14-9-6-10-18-14)13-7-4-3-5-8-13;12-11(10-7-4-8-13-10)9-5-2-1-3-6-9;1-4(3-5)6-2;;/h3-10,12H,11H2,1-2H3;1-8H;4H,3,5H2,1-2H3;2*1H4. The molecule has 2 aromatic carbocycles. The van der Waals surface area contributed by atoms with Crippen LogP contribution in [0.15, 0.2) is 101 Å². The molecule has 0 aliphatic carbocycles. The fourth-order valence-electron chi connectivity index (χ4n) is 2.85. The van der Waals surface area contributed by atoms with Gasteiger partial charge in [0.15, 0.2) is 0 Å². The van der Waals surface area contributed by atoms with Crippen molar-refractivity contribution in [3.8, 4) is 0 Å². The van der Waals surface area contributed by atoms with E-state index in [1.807, 2.05) is 79.9 Å². The van der Waals surface area contributed by atoms with Gasteiger partial charge < -0.3 is 15.2 Å². The largest absolute Gasteiger partial charge is 0.380 e. The van der Waals surface area contributed by atoms with Crippen molar-refractivity contribution in [2.45, 2.75) is 40.9 Å². The lowest BCUT2D eigenvalue weighted by Crippen LogP contribution is -2.17. The van der Waals surface area contributed by atoms with Crippen molar-refractivity contribution >= 4 is 34.2 Å². The van der Waals surface area contributed by atoms with Gasteiger partial charge in [0.1, 0.15) is 0 Å². The molecule has 0 saturated heterocycles. The molecule has 0 aliphatic heterocycles. The number of hydrogen-bond acceptors (Lipinski definition) is 7. The smallest absolute Gasteiger partial charge is 0.202 e. The van der Waals surface area contributed by atoms with E-state index in [0.717, 1.165) is 21.7 Å². The molecule has 2 N–H and O–H groups in total. The first kappa shape index (κ1) is 36.1. The van der Waals surface area contributed by atoms with Crippen molar-refractivity contribution in [3.63, 3.8) is 0 Å². The van der Waals surface area contributed by atoms with E-state index >= 15 is 0 Å². The monoisotopic (exact) mass is 568 g/mol. The molecule has 2 unspecified atom stereocenters. The van der Waals surface area contributed by atoms with Crippen molar-refractivity contribution in [2.24, 2.45) is 10.7 Å². The van der Waals surface area contributed by atoms with E-state index in [9.17, 15) is 4.79 Å². The number of methoxy groups -OCH3 is 2. The maximum atomic E-state index is 11.7. The first-order chi connectivity index (χ1) is 18.0. The summed E-state index contributed by atoms with van der Waals surface area (Å²) < 4.78 is 10.0. The van der Waals surface area contributed by atoms with Crippen molar-refractivity contribution in [2.75, 3.05) is 27.3 Å². The highest BCUT2D eigenvalue weighted by molar-refractivity contribution is 7.12. The van der Waals surface area contributed by atoms with E-state index in [1.165, 1.54) is 16.2 Å². The fourth-order valence-corrected chi connectivity index (χ4v) is 4.29. The molecule has 0 aliphatic rings. The van der Waals surface area contributed by atoms with Gasteiger partial charge in [0.25, 0.3) is 0 Å². The van der Waals surface area contributed by atoms with E-state index in [-0.39, 0.29) is 32.8 Å². The van der Waals surface area contributed by atoms with Crippen molar-refractivity contribution in [3.05, 3.63) is 117 Å². The first-order valence-electron chi connectivity index (χ1n) is 12.0. The van der Waals surface area contributed by atoms with Gasteiger partial charge >= 0.3 is 0 Å². The van der Waals surface area contributed by atoms with Gasteiger partial charge in [-0.3, -0.25) is 9.79 Å². The normalized spacial score (nSPS) is 11.8. The highest BCUT2D eigenvalue weighted by Gasteiger charge is 2.09. The van der Waals surface area contributed by atoms with Crippen LogP contribution < -0.4 is 5.73 Å². The summed E-state index contributed by atoms with van der Waals surface area (Å²) in [6.45, 7) is 5.25. The number of carbonyl (C=O) groups excluding carboxylic acids is 1. The molecule has 39 heavy (non-hydrogen) atoms. The molecule has 4 rings (SSSR count). The molecular formula is C32H44N2O3S2. The van der Waals surface area contributed by atoms with Gasteiger partial charge in [0.2, 0.25) is 5.78 Å². The van der Waals surface area contributed by atoms with Crippen LogP contribution in [0.3, 0.4) is 0 Å². The molecule has 4 aromatic rings. The zero-order chi connectivity index (χ0) is 26.9. The molecule has 0 spiro atoms. The highest BCUT2D eigenvalue weighted by Crippen LogP contribution is 2.17. The molecule has 5 nitrogen and oxygen atoms in total. The Balaban J connectivity index is 0.000000606. The van der Waals surface area contributed by atoms with Crippen molar-refractivity contribution < 1.29 is 14.3 Å². The van der Waals surface area contributed by atoms with E-state index in [2.05, 4.69) is 29.6 Å². The Hall–Kier alpha value is -2.94. The summed E-state index contributed by atoms with van der Waals surface area (Å²) in [4.78, 5) is 18.4. The zero-order valence-corrected chi connectivity index (χ0v) is 23.5. The Morgan fingerprint density at radius 3 is 1.64 bits per heavy atom. The Morgan fingerprint density at radius 2 is 1.23 bits per heavy atom. The van der Waals surface area contributed by atoms with E-state index in [4.69, 9.17) is 20.2 Å². The molecule has 0 amide bonds. The Kier molecular flexibility index (Phi) is 19.4. The third kappa shape index (κ3) is 13.1.